The van der Waals surface area contributed by atoms with Crippen LogP contribution in [0.4, 0.5) is 5.82 Å². The molecule has 0 aliphatic heterocycles. The minimum Gasteiger partial charge on any atom is -0.366 e. The van der Waals surface area contributed by atoms with Gasteiger partial charge in [-0.15, -0.1) is 0 Å². The Morgan fingerprint density at radius 3 is 2.82 bits per heavy atom. The standard InChI is InChI=1S/C12H13ClN4/c1-8-3-4-14-6-10(8)7-15-11-9(2)5-16-12(13)17-11/h3-6H,7H2,1-2H3,(H,15,16,17). The fourth-order valence-electron chi connectivity index (χ4n) is 1.46. The van der Waals surface area contributed by atoms with E-state index in [1.807, 2.05) is 19.2 Å². The maximum absolute atomic E-state index is 5.76. The fourth-order valence-corrected chi connectivity index (χ4v) is 1.59. The molecule has 0 aromatic carbocycles. The molecule has 2 aromatic rings. The number of hydrogen-bond acceptors (Lipinski definition) is 4. The van der Waals surface area contributed by atoms with Crippen molar-refractivity contribution in [3.05, 3.63) is 46.6 Å². The van der Waals surface area contributed by atoms with E-state index in [0.717, 1.165) is 16.9 Å². The molecule has 0 atom stereocenters. The molecule has 0 amide bonds. The van der Waals surface area contributed by atoms with Gasteiger partial charge in [0.2, 0.25) is 5.28 Å². The second-order valence-electron chi connectivity index (χ2n) is 3.83. The molecule has 0 saturated carbocycles. The third kappa shape index (κ3) is 2.91. The van der Waals surface area contributed by atoms with Crippen molar-refractivity contribution in [3.8, 4) is 0 Å². The van der Waals surface area contributed by atoms with Crippen LogP contribution in [0, 0.1) is 13.8 Å². The predicted molar refractivity (Wildman–Crippen MR) is 68.1 cm³/mol. The van der Waals surface area contributed by atoms with Crippen LogP contribution in [0.3, 0.4) is 0 Å². The number of anilines is 1. The molecule has 2 aromatic heterocycles. The van der Waals surface area contributed by atoms with E-state index in [4.69, 9.17) is 11.6 Å². The lowest BCUT2D eigenvalue weighted by Gasteiger charge is -2.09. The minimum absolute atomic E-state index is 0.251. The lowest BCUT2D eigenvalue weighted by atomic mass is 10.1. The van der Waals surface area contributed by atoms with E-state index in [1.165, 1.54) is 5.56 Å². The highest BCUT2D eigenvalue weighted by molar-refractivity contribution is 6.28. The number of nitrogens with zero attached hydrogens (tertiary/aromatic N) is 3. The monoisotopic (exact) mass is 248 g/mol. The van der Waals surface area contributed by atoms with Crippen molar-refractivity contribution in [2.75, 3.05) is 5.32 Å². The number of pyridine rings is 1. The van der Waals surface area contributed by atoms with Crippen molar-refractivity contribution >= 4 is 17.4 Å². The molecule has 88 valence electrons. The van der Waals surface area contributed by atoms with Gasteiger partial charge in [-0.3, -0.25) is 4.98 Å². The summed E-state index contributed by atoms with van der Waals surface area (Å²) in [5.41, 5.74) is 3.31. The van der Waals surface area contributed by atoms with Crippen LogP contribution in [0.15, 0.2) is 24.7 Å². The molecular formula is C12H13ClN4. The van der Waals surface area contributed by atoms with Crippen LogP contribution >= 0.6 is 11.6 Å². The van der Waals surface area contributed by atoms with Crippen LogP contribution in [0.2, 0.25) is 5.28 Å². The van der Waals surface area contributed by atoms with E-state index in [2.05, 4.69) is 27.2 Å². The number of aryl methyl sites for hydroxylation is 2. The molecule has 0 aliphatic rings. The first kappa shape index (κ1) is 11.8. The highest BCUT2D eigenvalue weighted by Crippen LogP contribution is 2.14. The Hall–Kier alpha value is -1.68. The third-order valence-corrected chi connectivity index (χ3v) is 2.72. The van der Waals surface area contributed by atoms with Gasteiger partial charge < -0.3 is 5.32 Å². The van der Waals surface area contributed by atoms with Gasteiger partial charge in [0, 0.05) is 30.7 Å². The topological polar surface area (TPSA) is 50.7 Å². The summed E-state index contributed by atoms with van der Waals surface area (Å²) >= 11 is 5.76. The van der Waals surface area contributed by atoms with Crippen LogP contribution in [0.25, 0.3) is 0 Å². The van der Waals surface area contributed by atoms with Crippen LogP contribution in [0.1, 0.15) is 16.7 Å². The van der Waals surface area contributed by atoms with E-state index < -0.39 is 0 Å². The van der Waals surface area contributed by atoms with E-state index in [0.29, 0.717) is 6.54 Å². The van der Waals surface area contributed by atoms with Gasteiger partial charge in [0.1, 0.15) is 5.82 Å². The zero-order valence-electron chi connectivity index (χ0n) is 9.74. The maximum atomic E-state index is 5.76. The normalized spacial score (nSPS) is 10.3. The quantitative estimate of drug-likeness (QED) is 0.849. The second kappa shape index (κ2) is 5.10. The summed E-state index contributed by atoms with van der Waals surface area (Å²) in [4.78, 5) is 12.2. The highest BCUT2D eigenvalue weighted by atomic mass is 35.5. The molecule has 0 fully saturated rings. The molecule has 17 heavy (non-hydrogen) atoms. The summed E-state index contributed by atoms with van der Waals surface area (Å²) in [6.07, 6.45) is 5.33. The molecule has 5 heteroatoms. The van der Waals surface area contributed by atoms with E-state index in [-0.39, 0.29) is 5.28 Å². The average Bonchev–Trinajstić information content (AvgIpc) is 2.32. The summed E-state index contributed by atoms with van der Waals surface area (Å²) in [7, 11) is 0. The summed E-state index contributed by atoms with van der Waals surface area (Å²) in [5.74, 6) is 0.758. The van der Waals surface area contributed by atoms with Crippen molar-refractivity contribution in [1.82, 2.24) is 15.0 Å². The van der Waals surface area contributed by atoms with Crippen LogP contribution in [-0.2, 0) is 6.54 Å². The first-order valence-corrected chi connectivity index (χ1v) is 5.67. The molecule has 0 saturated heterocycles. The van der Waals surface area contributed by atoms with Gasteiger partial charge in [0.05, 0.1) is 0 Å². The number of halogens is 1. The lowest BCUT2D eigenvalue weighted by molar-refractivity contribution is 1.03. The molecule has 0 bridgehead atoms. The Balaban J connectivity index is 2.12. The SMILES string of the molecule is Cc1ccncc1CNc1nc(Cl)ncc1C. The van der Waals surface area contributed by atoms with Crippen LogP contribution in [0.5, 0.6) is 0 Å². The number of nitrogens with one attached hydrogen (secondary N) is 1. The molecule has 4 nitrogen and oxygen atoms in total. The molecule has 0 radical (unpaired) electrons. The molecular weight excluding hydrogens is 236 g/mol. The largest absolute Gasteiger partial charge is 0.366 e. The van der Waals surface area contributed by atoms with Crippen molar-refractivity contribution in [1.29, 1.82) is 0 Å². The zero-order chi connectivity index (χ0) is 12.3. The minimum atomic E-state index is 0.251. The Morgan fingerprint density at radius 1 is 1.24 bits per heavy atom. The van der Waals surface area contributed by atoms with E-state index in [1.54, 1.807) is 12.4 Å². The summed E-state index contributed by atoms with van der Waals surface area (Å²) in [6, 6.07) is 1.98. The Kier molecular flexibility index (Phi) is 3.54. The van der Waals surface area contributed by atoms with Crippen molar-refractivity contribution in [3.63, 3.8) is 0 Å². The summed E-state index contributed by atoms with van der Waals surface area (Å²) in [5, 5.41) is 3.49. The molecule has 0 unspecified atom stereocenters. The molecule has 2 heterocycles. The molecule has 0 aliphatic carbocycles. The summed E-state index contributed by atoms with van der Waals surface area (Å²) < 4.78 is 0. The van der Waals surface area contributed by atoms with Gasteiger partial charge in [-0.2, -0.15) is 0 Å². The fraction of sp³-hybridized carbons (Fsp3) is 0.250. The van der Waals surface area contributed by atoms with Gasteiger partial charge in [0.15, 0.2) is 0 Å². The second-order valence-corrected chi connectivity index (χ2v) is 4.16. The van der Waals surface area contributed by atoms with Gasteiger partial charge in [-0.25, -0.2) is 9.97 Å². The van der Waals surface area contributed by atoms with Gasteiger partial charge in [-0.1, -0.05) is 0 Å². The van der Waals surface area contributed by atoms with Gasteiger partial charge >= 0.3 is 0 Å². The van der Waals surface area contributed by atoms with Crippen molar-refractivity contribution in [2.45, 2.75) is 20.4 Å². The third-order valence-electron chi connectivity index (χ3n) is 2.54. The smallest absolute Gasteiger partial charge is 0.224 e. The number of aromatic nitrogens is 3. The number of rotatable bonds is 3. The average molecular weight is 249 g/mol. The molecule has 2 rings (SSSR count). The molecule has 1 N–H and O–H groups in total. The van der Waals surface area contributed by atoms with Crippen LogP contribution in [-0.4, -0.2) is 15.0 Å². The van der Waals surface area contributed by atoms with Gasteiger partial charge in [-0.05, 0) is 42.6 Å². The van der Waals surface area contributed by atoms with Gasteiger partial charge in [0.25, 0.3) is 0 Å². The first-order chi connectivity index (χ1) is 8.16. The first-order valence-electron chi connectivity index (χ1n) is 5.29. The van der Waals surface area contributed by atoms with Crippen LogP contribution < -0.4 is 5.32 Å². The molecule has 0 spiro atoms. The summed E-state index contributed by atoms with van der Waals surface area (Å²) in [6.45, 7) is 4.67. The Labute approximate surface area is 105 Å². The Bertz CT molecular complexity index is 528. The predicted octanol–water partition coefficient (Wildman–Crippen LogP) is 2.75. The van der Waals surface area contributed by atoms with E-state index >= 15 is 0 Å². The lowest BCUT2D eigenvalue weighted by Crippen LogP contribution is -2.05. The highest BCUT2D eigenvalue weighted by Gasteiger charge is 2.03. The van der Waals surface area contributed by atoms with Crippen molar-refractivity contribution in [2.24, 2.45) is 0 Å². The van der Waals surface area contributed by atoms with E-state index in [9.17, 15) is 0 Å². The zero-order valence-corrected chi connectivity index (χ0v) is 10.5. The maximum Gasteiger partial charge on any atom is 0.224 e. The Morgan fingerprint density at radius 2 is 2.06 bits per heavy atom. The van der Waals surface area contributed by atoms with Crippen molar-refractivity contribution < 1.29 is 0 Å². The number of hydrogen-bond donors (Lipinski definition) is 1.